The minimum absolute atomic E-state index is 0.0940. The Labute approximate surface area is 86.8 Å². The topological polar surface area (TPSA) is 46.5 Å². The molecule has 3 nitrogen and oxygen atoms in total. The summed E-state index contributed by atoms with van der Waals surface area (Å²) in [6.45, 7) is 0. The average molecular weight is 236 g/mol. The van der Waals surface area contributed by atoms with Gasteiger partial charge in [-0.2, -0.15) is 4.36 Å². The van der Waals surface area contributed by atoms with E-state index in [1.54, 1.807) is 0 Å². The summed E-state index contributed by atoms with van der Waals surface area (Å²) in [5, 5.41) is 0.147. The van der Waals surface area contributed by atoms with Crippen molar-refractivity contribution >= 4 is 39.6 Å². The summed E-state index contributed by atoms with van der Waals surface area (Å²) in [4.78, 5) is 0.0940. The molecule has 6 heteroatoms. The highest BCUT2D eigenvalue weighted by molar-refractivity contribution is 7.90. The van der Waals surface area contributed by atoms with Crippen molar-refractivity contribution in [1.82, 2.24) is 0 Å². The van der Waals surface area contributed by atoms with E-state index in [2.05, 4.69) is 16.8 Å². The lowest BCUT2D eigenvalue weighted by Gasteiger charge is -2.01. The van der Waals surface area contributed by atoms with Crippen LogP contribution in [0.15, 0.2) is 27.5 Å². The van der Waals surface area contributed by atoms with Crippen LogP contribution in [0.2, 0.25) is 5.02 Å². The molecule has 0 saturated carbocycles. The fraction of sp³-hybridized carbons (Fsp3) is 0.143. The molecule has 70 valence electrons. The highest BCUT2D eigenvalue weighted by Crippen LogP contribution is 2.25. The zero-order valence-electron chi connectivity index (χ0n) is 6.69. The summed E-state index contributed by atoms with van der Waals surface area (Å²) in [5.74, 6) is 0. The van der Waals surface area contributed by atoms with Gasteiger partial charge in [0.05, 0.1) is 15.6 Å². The molecule has 0 aromatic heterocycles. The van der Waals surface area contributed by atoms with Crippen molar-refractivity contribution in [3.8, 4) is 0 Å². The van der Waals surface area contributed by atoms with Gasteiger partial charge in [0.25, 0.3) is 0 Å². The van der Waals surface area contributed by atoms with Gasteiger partial charge in [-0.05, 0) is 18.2 Å². The Bertz CT molecular complexity index is 442. The third kappa shape index (κ3) is 2.46. The van der Waals surface area contributed by atoms with E-state index >= 15 is 0 Å². The summed E-state index contributed by atoms with van der Waals surface area (Å²) in [5.41, 5.74) is 0.479. The second kappa shape index (κ2) is 3.69. The van der Waals surface area contributed by atoms with Gasteiger partial charge < -0.3 is 0 Å². The molecular weight excluding hydrogens is 230 g/mol. The molecule has 0 bridgehead atoms. The molecule has 13 heavy (non-hydrogen) atoms. The Hall–Kier alpha value is -0.520. The average Bonchev–Trinajstić information content (AvgIpc) is 2.01. The maximum atomic E-state index is 11.1. The first kappa shape index (κ1) is 10.6. The first-order valence-electron chi connectivity index (χ1n) is 3.28. The van der Waals surface area contributed by atoms with Crippen LogP contribution in [0.25, 0.3) is 0 Å². The molecule has 0 aliphatic rings. The molecule has 0 fully saturated rings. The highest BCUT2D eigenvalue weighted by atomic mass is 35.5. The Morgan fingerprint density at radius 3 is 2.46 bits per heavy atom. The lowest BCUT2D eigenvalue weighted by molar-refractivity contribution is 0.602. The molecule has 0 N–H and O–H groups in total. The summed E-state index contributed by atoms with van der Waals surface area (Å²) < 4.78 is 25.7. The third-order valence-corrected chi connectivity index (χ3v) is 3.21. The summed E-state index contributed by atoms with van der Waals surface area (Å²) in [7, 11) is -3.27. The fourth-order valence-corrected chi connectivity index (χ4v) is 2.28. The Kier molecular flexibility index (Phi) is 3.00. The van der Waals surface area contributed by atoms with E-state index in [1.165, 1.54) is 18.2 Å². The van der Waals surface area contributed by atoms with Crippen molar-refractivity contribution in [1.29, 1.82) is 0 Å². The summed E-state index contributed by atoms with van der Waals surface area (Å²) in [6, 6.07) is 4.32. The van der Waals surface area contributed by atoms with E-state index in [4.69, 9.17) is 11.6 Å². The van der Waals surface area contributed by atoms with Gasteiger partial charge >= 0.3 is 0 Å². The Morgan fingerprint density at radius 1 is 1.46 bits per heavy atom. The molecule has 0 atom stereocenters. The smallest absolute Gasteiger partial charge is 0.176 e. The van der Waals surface area contributed by atoms with E-state index in [-0.39, 0.29) is 9.92 Å². The molecular formula is C7H6ClNO2S2. The fourth-order valence-electron chi connectivity index (χ4n) is 0.847. The van der Waals surface area contributed by atoms with Crippen molar-refractivity contribution < 1.29 is 8.42 Å². The van der Waals surface area contributed by atoms with Crippen molar-refractivity contribution in [2.24, 2.45) is 4.36 Å². The van der Waals surface area contributed by atoms with Crippen LogP contribution in [0.1, 0.15) is 0 Å². The number of nitrogens with zero attached hydrogens (tertiary/aromatic N) is 1. The second-order valence-electron chi connectivity index (χ2n) is 2.48. The number of hydrogen-bond donors (Lipinski definition) is 0. The predicted molar refractivity (Wildman–Crippen MR) is 54.0 cm³/mol. The lowest BCUT2D eigenvalue weighted by atomic mass is 10.3. The van der Waals surface area contributed by atoms with Crippen LogP contribution in [-0.4, -0.2) is 14.7 Å². The first-order valence-corrected chi connectivity index (χ1v) is 5.91. The van der Waals surface area contributed by atoms with Crippen molar-refractivity contribution in [3.63, 3.8) is 0 Å². The van der Waals surface area contributed by atoms with Crippen LogP contribution >= 0.6 is 11.6 Å². The van der Waals surface area contributed by atoms with Gasteiger partial charge in [0, 0.05) is 18.7 Å². The molecule has 0 spiro atoms. The molecule has 1 aromatic carbocycles. The van der Waals surface area contributed by atoms with Gasteiger partial charge in [0.15, 0.2) is 9.84 Å². The first-order chi connectivity index (χ1) is 5.95. The quantitative estimate of drug-likeness (QED) is 0.789. The van der Waals surface area contributed by atoms with Gasteiger partial charge in [-0.25, -0.2) is 8.42 Å². The number of rotatable bonds is 2. The molecule has 0 heterocycles. The molecule has 0 aliphatic heterocycles. The number of hydrogen-bond acceptors (Lipinski definition) is 4. The lowest BCUT2D eigenvalue weighted by Crippen LogP contribution is -1.97. The molecule has 0 saturated heterocycles. The standard InChI is InChI=1S/C7H6ClNO2S2/c1-13(10,11)7-3-2-5(9-12)4-6(7)8/h2-4H,1H3. The van der Waals surface area contributed by atoms with E-state index in [1.807, 2.05) is 0 Å². The Morgan fingerprint density at radius 2 is 2.08 bits per heavy atom. The van der Waals surface area contributed by atoms with Crippen molar-refractivity contribution in [3.05, 3.63) is 23.2 Å². The third-order valence-electron chi connectivity index (χ3n) is 1.42. The van der Waals surface area contributed by atoms with Gasteiger partial charge in [0.1, 0.15) is 0 Å². The minimum atomic E-state index is -3.27. The molecule has 0 amide bonds. The zero-order valence-corrected chi connectivity index (χ0v) is 9.08. The van der Waals surface area contributed by atoms with Gasteiger partial charge in [-0.1, -0.05) is 11.6 Å². The maximum absolute atomic E-state index is 11.1. The Balaban J connectivity index is 3.37. The predicted octanol–water partition coefficient (Wildman–Crippen LogP) is 2.11. The highest BCUT2D eigenvalue weighted by Gasteiger charge is 2.11. The van der Waals surface area contributed by atoms with Crippen LogP contribution in [0.4, 0.5) is 5.69 Å². The van der Waals surface area contributed by atoms with Crippen molar-refractivity contribution in [2.45, 2.75) is 4.90 Å². The normalized spacial score (nSPS) is 11.2. The number of sulfone groups is 1. The summed E-state index contributed by atoms with van der Waals surface area (Å²) in [6.07, 6.45) is 1.10. The monoisotopic (exact) mass is 235 g/mol. The molecule has 0 radical (unpaired) electrons. The van der Waals surface area contributed by atoms with Crippen molar-refractivity contribution in [2.75, 3.05) is 6.26 Å². The largest absolute Gasteiger partial charge is 0.224 e. The maximum Gasteiger partial charge on any atom is 0.176 e. The van der Waals surface area contributed by atoms with Crippen LogP contribution in [0.3, 0.4) is 0 Å². The number of benzene rings is 1. The molecule has 0 aliphatic carbocycles. The van der Waals surface area contributed by atoms with Gasteiger partial charge in [-0.15, -0.1) is 0 Å². The second-order valence-corrected chi connectivity index (χ2v) is 5.05. The van der Waals surface area contributed by atoms with Crippen LogP contribution in [0, 0.1) is 0 Å². The van der Waals surface area contributed by atoms with Crippen LogP contribution in [-0.2, 0) is 22.3 Å². The van der Waals surface area contributed by atoms with Gasteiger partial charge in [-0.3, -0.25) is 0 Å². The minimum Gasteiger partial charge on any atom is -0.224 e. The van der Waals surface area contributed by atoms with Crippen LogP contribution < -0.4 is 0 Å². The zero-order chi connectivity index (χ0) is 10.1. The van der Waals surface area contributed by atoms with E-state index < -0.39 is 9.84 Å². The van der Waals surface area contributed by atoms with E-state index in [9.17, 15) is 8.42 Å². The van der Waals surface area contributed by atoms with E-state index in [0.717, 1.165) is 6.26 Å². The molecule has 1 rings (SSSR count). The SMILES string of the molecule is CS(=O)(=O)c1ccc(N=S)cc1Cl. The molecule has 1 aromatic rings. The van der Waals surface area contributed by atoms with E-state index in [0.29, 0.717) is 5.69 Å². The van der Waals surface area contributed by atoms with Crippen LogP contribution in [0.5, 0.6) is 0 Å². The number of halogens is 1. The molecule has 0 unspecified atom stereocenters. The van der Waals surface area contributed by atoms with Gasteiger partial charge in [0.2, 0.25) is 0 Å². The summed E-state index contributed by atoms with van der Waals surface area (Å²) >= 11 is 10.1.